The summed E-state index contributed by atoms with van der Waals surface area (Å²) in [4.78, 5) is 12.9. The van der Waals surface area contributed by atoms with Gasteiger partial charge in [-0.2, -0.15) is 0 Å². The minimum Gasteiger partial charge on any atom is -0.396 e. The molecule has 3 N–H and O–H groups in total. The molecule has 1 aliphatic heterocycles. The lowest BCUT2D eigenvalue weighted by Crippen LogP contribution is -2.53. The standard InChI is InChI=1S/C17H26N2O2/c1-2-15(8-13-20)19-16(21)17(9-11-18-12-10-17)14-6-4-3-5-7-14/h3-7,15,18,20H,2,8-13H2,1H3,(H,19,21). The van der Waals surface area contributed by atoms with E-state index in [1.54, 1.807) is 0 Å². The van der Waals surface area contributed by atoms with Crippen LogP contribution in [0.3, 0.4) is 0 Å². The molecule has 2 rings (SSSR count). The quantitative estimate of drug-likeness (QED) is 0.745. The summed E-state index contributed by atoms with van der Waals surface area (Å²) in [5, 5.41) is 15.6. The number of aliphatic hydroxyl groups excluding tert-OH is 1. The maximum absolute atomic E-state index is 12.9. The molecule has 1 fully saturated rings. The molecule has 1 aliphatic rings. The third-order valence-electron chi connectivity index (χ3n) is 4.52. The molecule has 1 unspecified atom stereocenters. The predicted octanol–water partition coefficient (Wildman–Crippen LogP) is 1.58. The van der Waals surface area contributed by atoms with Crippen molar-refractivity contribution in [2.45, 2.75) is 44.1 Å². The van der Waals surface area contributed by atoms with Gasteiger partial charge in [-0.3, -0.25) is 4.79 Å². The molecule has 4 heteroatoms. The van der Waals surface area contributed by atoms with Crippen LogP contribution in [-0.4, -0.2) is 36.8 Å². The van der Waals surface area contributed by atoms with Gasteiger partial charge in [0.05, 0.1) is 5.41 Å². The van der Waals surface area contributed by atoms with Crippen molar-refractivity contribution in [1.82, 2.24) is 10.6 Å². The predicted molar refractivity (Wildman–Crippen MR) is 84.1 cm³/mol. The van der Waals surface area contributed by atoms with Crippen LogP contribution in [0.25, 0.3) is 0 Å². The minimum absolute atomic E-state index is 0.0537. The third-order valence-corrected chi connectivity index (χ3v) is 4.52. The topological polar surface area (TPSA) is 61.4 Å². The molecule has 1 heterocycles. The highest BCUT2D eigenvalue weighted by Crippen LogP contribution is 2.34. The molecule has 0 aromatic heterocycles. The van der Waals surface area contributed by atoms with E-state index >= 15 is 0 Å². The van der Waals surface area contributed by atoms with Gasteiger partial charge in [-0.05, 0) is 44.3 Å². The highest BCUT2D eigenvalue weighted by molar-refractivity contribution is 5.88. The lowest BCUT2D eigenvalue weighted by molar-refractivity contribution is -0.128. The zero-order valence-corrected chi connectivity index (χ0v) is 12.8. The maximum Gasteiger partial charge on any atom is 0.230 e. The van der Waals surface area contributed by atoms with Crippen molar-refractivity contribution in [3.63, 3.8) is 0 Å². The fourth-order valence-corrected chi connectivity index (χ4v) is 3.12. The maximum atomic E-state index is 12.9. The first kappa shape index (κ1) is 16.0. The summed E-state index contributed by atoms with van der Waals surface area (Å²) in [5.74, 6) is 0.107. The summed E-state index contributed by atoms with van der Waals surface area (Å²) in [6, 6.07) is 10.1. The van der Waals surface area contributed by atoms with Crippen LogP contribution in [-0.2, 0) is 10.2 Å². The second-order valence-electron chi connectivity index (χ2n) is 5.79. The molecule has 0 aliphatic carbocycles. The summed E-state index contributed by atoms with van der Waals surface area (Å²) >= 11 is 0. The number of benzene rings is 1. The summed E-state index contributed by atoms with van der Waals surface area (Å²) in [7, 11) is 0. The molecule has 1 saturated heterocycles. The van der Waals surface area contributed by atoms with Crippen molar-refractivity contribution >= 4 is 5.91 Å². The molecule has 1 atom stereocenters. The van der Waals surface area contributed by atoms with Crippen LogP contribution >= 0.6 is 0 Å². The van der Waals surface area contributed by atoms with Crippen LogP contribution in [0.4, 0.5) is 0 Å². The van der Waals surface area contributed by atoms with Gasteiger partial charge < -0.3 is 15.7 Å². The van der Waals surface area contributed by atoms with Gasteiger partial charge >= 0.3 is 0 Å². The van der Waals surface area contributed by atoms with Crippen LogP contribution in [0.2, 0.25) is 0 Å². The highest BCUT2D eigenvalue weighted by Gasteiger charge is 2.41. The fraction of sp³-hybridized carbons (Fsp3) is 0.588. The van der Waals surface area contributed by atoms with E-state index in [9.17, 15) is 4.79 Å². The van der Waals surface area contributed by atoms with E-state index in [1.807, 2.05) is 25.1 Å². The Bertz CT molecular complexity index is 441. The van der Waals surface area contributed by atoms with Crippen LogP contribution in [0, 0.1) is 0 Å². The number of hydrogen-bond acceptors (Lipinski definition) is 3. The Morgan fingerprint density at radius 3 is 2.57 bits per heavy atom. The van der Waals surface area contributed by atoms with Gasteiger partial charge in [0, 0.05) is 12.6 Å². The zero-order valence-electron chi connectivity index (χ0n) is 12.8. The Balaban J connectivity index is 2.21. The van der Waals surface area contributed by atoms with E-state index in [-0.39, 0.29) is 18.6 Å². The first-order valence-corrected chi connectivity index (χ1v) is 7.91. The molecule has 0 bridgehead atoms. The summed E-state index contributed by atoms with van der Waals surface area (Å²) < 4.78 is 0. The summed E-state index contributed by atoms with van der Waals surface area (Å²) in [6.07, 6.45) is 3.09. The monoisotopic (exact) mass is 290 g/mol. The average molecular weight is 290 g/mol. The number of nitrogens with one attached hydrogen (secondary N) is 2. The molecule has 21 heavy (non-hydrogen) atoms. The third kappa shape index (κ3) is 3.63. The van der Waals surface area contributed by atoms with Gasteiger partial charge in [-0.15, -0.1) is 0 Å². The lowest BCUT2D eigenvalue weighted by Gasteiger charge is -2.38. The molecule has 116 valence electrons. The van der Waals surface area contributed by atoms with Crippen LogP contribution < -0.4 is 10.6 Å². The fourth-order valence-electron chi connectivity index (χ4n) is 3.12. The van der Waals surface area contributed by atoms with Gasteiger partial charge in [0.1, 0.15) is 0 Å². The smallest absolute Gasteiger partial charge is 0.230 e. The zero-order chi connectivity index (χ0) is 15.1. The number of hydrogen-bond donors (Lipinski definition) is 3. The Morgan fingerprint density at radius 2 is 2.00 bits per heavy atom. The van der Waals surface area contributed by atoms with Crippen LogP contribution in [0.15, 0.2) is 30.3 Å². The normalized spacial score (nSPS) is 19.0. The van der Waals surface area contributed by atoms with Crippen molar-refractivity contribution in [2.75, 3.05) is 19.7 Å². The van der Waals surface area contributed by atoms with Crippen molar-refractivity contribution in [2.24, 2.45) is 0 Å². The van der Waals surface area contributed by atoms with Gasteiger partial charge in [-0.1, -0.05) is 37.3 Å². The molecular formula is C17H26N2O2. The molecule has 1 aromatic carbocycles. The largest absolute Gasteiger partial charge is 0.396 e. The van der Waals surface area contributed by atoms with E-state index in [0.29, 0.717) is 6.42 Å². The molecule has 1 aromatic rings. The number of aliphatic hydroxyl groups is 1. The van der Waals surface area contributed by atoms with Crippen molar-refractivity contribution < 1.29 is 9.90 Å². The molecule has 0 saturated carbocycles. The summed E-state index contributed by atoms with van der Waals surface area (Å²) in [5.41, 5.74) is 0.665. The Labute approximate surface area is 126 Å². The number of rotatable bonds is 6. The van der Waals surface area contributed by atoms with E-state index in [4.69, 9.17) is 5.11 Å². The first-order valence-electron chi connectivity index (χ1n) is 7.91. The first-order chi connectivity index (χ1) is 10.2. The van der Waals surface area contributed by atoms with Crippen molar-refractivity contribution in [3.05, 3.63) is 35.9 Å². The molecular weight excluding hydrogens is 264 g/mol. The Morgan fingerprint density at radius 1 is 1.33 bits per heavy atom. The minimum atomic E-state index is -0.435. The molecule has 0 spiro atoms. The molecule has 1 amide bonds. The Kier molecular flexibility index (Phi) is 5.76. The lowest BCUT2D eigenvalue weighted by atomic mass is 9.72. The molecule has 0 radical (unpaired) electrons. The van der Waals surface area contributed by atoms with Gasteiger partial charge in [0.2, 0.25) is 5.91 Å². The van der Waals surface area contributed by atoms with Crippen molar-refractivity contribution in [1.29, 1.82) is 0 Å². The van der Waals surface area contributed by atoms with Gasteiger partial charge in [0.15, 0.2) is 0 Å². The second kappa shape index (κ2) is 7.57. The second-order valence-corrected chi connectivity index (χ2v) is 5.79. The van der Waals surface area contributed by atoms with E-state index in [1.165, 1.54) is 0 Å². The van der Waals surface area contributed by atoms with Gasteiger partial charge in [-0.25, -0.2) is 0 Å². The van der Waals surface area contributed by atoms with E-state index < -0.39 is 5.41 Å². The number of amides is 1. The molecule has 4 nitrogen and oxygen atoms in total. The number of piperidine rings is 1. The van der Waals surface area contributed by atoms with E-state index in [2.05, 4.69) is 22.8 Å². The number of carbonyl (C=O) groups excluding carboxylic acids is 1. The number of carbonyl (C=O) groups is 1. The highest BCUT2D eigenvalue weighted by atomic mass is 16.3. The van der Waals surface area contributed by atoms with E-state index in [0.717, 1.165) is 37.9 Å². The summed E-state index contributed by atoms with van der Waals surface area (Å²) in [6.45, 7) is 3.87. The van der Waals surface area contributed by atoms with Gasteiger partial charge in [0.25, 0.3) is 0 Å². The van der Waals surface area contributed by atoms with Crippen LogP contribution in [0.1, 0.15) is 38.2 Å². The SMILES string of the molecule is CCC(CCO)NC(=O)C1(c2ccccc2)CCNCC1. The Hall–Kier alpha value is -1.39. The van der Waals surface area contributed by atoms with Crippen molar-refractivity contribution in [3.8, 4) is 0 Å². The average Bonchev–Trinajstić information content (AvgIpc) is 2.55. The van der Waals surface area contributed by atoms with Crippen LogP contribution in [0.5, 0.6) is 0 Å².